The van der Waals surface area contributed by atoms with Crippen LogP contribution in [0, 0.1) is 5.82 Å². The zero-order chi connectivity index (χ0) is 13.9. The van der Waals surface area contributed by atoms with Crippen molar-refractivity contribution >= 4 is 15.7 Å². The summed E-state index contributed by atoms with van der Waals surface area (Å²) in [5, 5.41) is 0. The maximum atomic E-state index is 13.5. The van der Waals surface area contributed by atoms with E-state index < -0.39 is 20.7 Å². The number of anilines is 1. The summed E-state index contributed by atoms with van der Waals surface area (Å²) in [5.41, 5.74) is 6.32. The molecule has 0 saturated carbocycles. The molecule has 100 valence electrons. The maximum absolute atomic E-state index is 13.5. The molecular formula is C12H12FN3O2S. The number of halogens is 1. The fourth-order valence-electron chi connectivity index (χ4n) is 1.48. The fourth-order valence-corrected chi connectivity index (χ4v) is 2.61. The smallest absolute Gasteiger partial charge is 0.243 e. The first-order valence-electron chi connectivity index (χ1n) is 5.42. The van der Waals surface area contributed by atoms with Gasteiger partial charge in [0.1, 0.15) is 10.7 Å². The Hall–Kier alpha value is -1.99. The van der Waals surface area contributed by atoms with Crippen molar-refractivity contribution in [2.24, 2.45) is 0 Å². The third kappa shape index (κ3) is 3.27. The van der Waals surface area contributed by atoms with Crippen molar-refractivity contribution in [1.82, 2.24) is 9.71 Å². The van der Waals surface area contributed by atoms with Gasteiger partial charge in [0.2, 0.25) is 10.0 Å². The van der Waals surface area contributed by atoms with Gasteiger partial charge in [0.05, 0.1) is 0 Å². The van der Waals surface area contributed by atoms with Crippen molar-refractivity contribution in [3.05, 3.63) is 54.1 Å². The average molecular weight is 281 g/mol. The molecule has 2 aromatic rings. The molecular weight excluding hydrogens is 269 g/mol. The number of aromatic nitrogens is 1. The SMILES string of the molecule is Nc1ccc(F)c(S(=O)(=O)NCc2cccnc2)c1. The van der Waals surface area contributed by atoms with Crippen molar-refractivity contribution in [3.8, 4) is 0 Å². The molecule has 1 aromatic heterocycles. The predicted octanol–water partition coefficient (Wildman–Crippen LogP) is 1.28. The number of rotatable bonds is 4. The van der Waals surface area contributed by atoms with Gasteiger partial charge in [-0.1, -0.05) is 6.07 Å². The molecule has 0 radical (unpaired) electrons. The summed E-state index contributed by atoms with van der Waals surface area (Å²) in [6.45, 7) is 0.0322. The molecule has 0 bridgehead atoms. The molecule has 0 atom stereocenters. The number of benzene rings is 1. The number of nitrogens with one attached hydrogen (secondary N) is 1. The lowest BCUT2D eigenvalue weighted by atomic mass is 10.3. The second-order valence-corrected chi connectivity index (χ2v) is 5.61. The van der Waals surface area contributed by atoms with Crippen LogP contribution in [0.4, 0.5) is 10.1 Å². The number of nitrogens with two attached hydrogens (primary N) is 1. The first-order valence-corrected chi connectivity index (χ1v) is 6.91. The minimum atomic E-state index is -3.94. The summed E-state index contributed by atoms with van der Waals surface area (Å²) in [4.78, 5) is 3.40. The van der Waals surface area contributed by atoms with Crippen LogP contribution in [0.15, 0.2) is 47.6 Å². The third-order valence-electron chi connectivity index (χ3n) is 2.43. The number of nitrogens with zero attached hydrogens (tertiary/aromatic N) is 1. The van der Waals surface area contributed by atoms with Crippen LogP contribution < -0.4 is 10.5 Å². The van der Waals surface area contributed by atoms with Crippen LogP contribution in [-0.4, -0.2) is 13.4 Å². The van der Waals surface area contributed by atoms with Gasteiger partial charge in [-0.25, -0.2) is 17.5 Å². The Kier molecular flexibility index (Phi) is 3.77. The lowest BCUT2D eigenvalue weighted by molar-refractivity contribution is 0.557. The average Bonchev–Trinajstić information content (AvgIpc) is 2.40. The van der Waals surface area contributed by atoms with Gasteiger partial charge in [0.15, 0.2) is 0 Å². The number of pyridine rings is 1. The summed E-state index contributed by atoms with van der Waals surface area (Å²) < 4.78 is 39.7. The summed E-state index contributed by atoms with van der Waals surface area (Å²) in [6.07, 6.45) is 3.10. The van der Waals surface area contributed by atoms with E-state index in [1.807, 2.05) is 0 Å². The largest absolute Gasteiger partial charge is 0.399 e. The second-order valence-electron chi connectivity index (χ2n) is 3.88. The van der Waals surface area contributed by atoms with Crippen LogP contribution in [-0.2, 0) is 16.6 Å². The van der Waals surface area contributed by atoms with Gasteiger partial charge in [-0.2, -0.15) is 0 Å². The maximum Gasteiger partial charge on any atom is 0.243 e. The Morgan fingerprint density at radius 2 is 2.11 bits per heavy atom. The lowest BCUT2D eigenvalue weighted by Crippen LogP contribution is -2.24. The summed E-state index contributed by atoms with van der Waals surface area (Å²) in [5.74, 6) is -0.840. The number of sulfonamides is 1. The molecule has 0 spiro atoms. The van der Waals surface area contributed by atoms with Crippen molar-refractivity contribution in [3.63, 3.8) is 0 Å². The van der Waals surface area contributed by atoms with Gasteiger partial charge in [0, 0.05) is 24.6 Å². The first kappa shape index (κ1) is 13.4. The van der Waals surface area contributed by atoms with Gasteiger partial charge in [-0.3, -0.25) is 4.98 Å². The molecule has 0 saturated heterocycles. The normalized spacial score (nSPS) is 11.4. The van der Waals surface area contributed by atoms with Crippen molar-refractivity contribution in [2.75, 3.05) is 5.73 Å². The predicted molar refractivity (Wildman–Crippen MR) is 69.1 cm³/mol. The minimum absolute atomic E-state index is 0.0322. The van der Waals surface area contributed by atoms with Crippen molar-refractivity contribution in [1.29, 1.82) is 0 Å². The molecule has 0 amide bonds. The van der Waals surface area contributed by atoms with E-state index in [2.05, 4.69) is 9.71 Å². The van der Waals surface area contributed by atoms with E-state index in [0.29, 0.717) is 5.56 Å². The van der Waals surface area contributed by atoms with Crippen molar-refractivity contribution in [2.45, 2.75) is 11.4 Å². The summed E-state index contributed by atoms with van der Waals surface area (Å²) >= 11 is 0. The highest BCUT2D eigenvalue weighted by Gasteiger charge is 2.18. The van der Waals surface area contributed by atoms with E-state index in [0.717, 1.165) is 12.1 Å². The van der Waals surface area contributed by atoms with E-state index in [1.54, 1.807) is 18.3 Å². The molecule has 19 heavy (non-hydrogen) atoms. The van der Waals surface area contributed by atoms with Gasteiger partial charge >= 0.3 is 0 Å². The van der Waals surface area contributed by atoms with E-state index >= 15 is 0 Å². The monoisotopic (exact) mass is 281 g/mol. The lowest BCUT2D eigenvalue weighted by Gasteiger charge is -2.08. The Morgan fingerprint density at radius 1 is 1.32 bits per heavy atom. The highest BCUT2D eigenvalue weighted by molar-refractivity contribution is 7.89. The number of nitrogen functional groups attached to an aromatic ring is 1. The van der Waals surface area contributed by atoms with E-state index in [9.17, 15) is 12.8 Å². The van der Waals surface area contributed by atoms with E-state index in [-0.39, 0.29) is 12.2 Å². The minimum Gasteiger partial charge on any atom is -0.399 e. The molecule has 3 N–H and O–H groups in total. The van der Waals surface area contributed by atoms with Gasteiger partial charge < -0.3 is 5.73 Å². The third-order valence-corrected chi connectivity index (χ3v) is 3.85. The number of hydrogen-bond acceptors (Lipinski definition) is 4. The molecule has 1 heterocycles. The number of hydrogen-bond donors (Lipinski definition) is 2. The molecule has 1 aromatic carbocycles. The molecule has 7 heteroatoms. The van der Waals surface area contributed by atoms with E-state index in [4.69, 9.17) is 5.73 Å². The zero-order valence-electron chi connectivity index (χ0n) is 9.88. The van der Waals surface area contributed by atoms with Gasteiger partial charge in [-0.15, -0.1) is 0 Å². The zero-order valence-corrected chi connectivity index (χ0v) is 10.7. The quantitative estimate of drug-likeness (QED) is 0.827. The molecule has 0 fully saturated rings. The van der Waals surface area contributed by atoms with E-state index in [1.165, 1.54) is 12.3 Å². The molecule has 0 aliphatic rings. The Balaban J connectivity index is 2.21. The van der Waals surface area contributed by atoms with Crippen LogP contribution in [0.3, 0.4) is 0 Å². The fraction of sp³-hybridized carbons (Fsp3) is 0.0833. The molecule has 0 unspecified atom stereocenters. The van der Waals surface area contributed by atoms with Crippen LogP contribution in [0.25, 0.3) is 0 Å². The van der Waals surface area contributed by atoms with Crippen LogP contribution in [0.2, 0.25) is 0 Å². The Bertz CT molecular complexity index is 675. The summed E-state index contributed by atoms with van der Waals surface area (Å²) in [7, 11) is -3.94. The molecule has 5 nitrogen and oxygen atoms in total. The van der Waals surface area contributed by atoms with Crippen molar-refractivity contribution < 1.29 is 12.8 Å². The summed E-state index contributed by atoms with van der Waals surface area (Å²) in [6, 6.07) is 6.81. The first-order chi connectivity index (χ1) is 8.99. The Labute approximate surface area is 110 Å². The van der Waals surface area contributed by atoms with Crippen LogP contribution >= 0.6 is 0 Å². The van der Waals surface area contributed by atoms with Crippen LogP contribution in [0.1, 0.15) is 5.56 Å². The van der Waals surface area contributed by atoms with Crippen LogP contribution in [0.5, 0.6) is 0 Å². The molecule has 0 aliphatic carbocycles. The van der Waals surface area contributed by atoms with Gasteiger partial charge in [0.25, 0.3) is 0 Å². The second kappa shape index (κ2) is 5.33. The standard InChI is InChI=1S/C12H12FN3O2S/c13-11-4-3-10(14)6-12(11)19(17,18)16-8-9-2-1-5-15-7-9/h1-7,16H,8,14H2. The molecule has 2 rings (SSSR count). The highest BCUT2D eigenvalue weighted by atomic mass is 32.2. The Morgan fingerprint density at radius 3 is 2.79 bits per heavy atom. The molecule has 0 aliphatic heterocycles. The van der Waals surface area contributed by atoms with Gasteiger partial charge in [-0.05, 0) is 29.8 Å². The topological polar surface area (TPSA) is 85.1 Å². The highest BCUT2D eigenvalue weighted by Crippen LogP contribution is 2.17.